The Balaban J connectivity index is 1.68. The van der Waals surface area contributed by atoms with Crippen LogP contribution in [0.4, 0.5) is 5.69 Å². The SMILES string of the molecule is C=CCN(C(=O)Cn1cnc2sc3c(c2c1=O)CCC3)c1ccccc1. The van der Waals surface area contributed by atoms with Crippen molar-refractivity contribution in [3.05, 3.63) is 70.1 Å². The quantitative estimate of drug-likeness (QED) is 0.653. The predicted octanol–water partition coefficient (Wildman–Crippen LogP) is 3.17. The Morgan fingerprint density at radius 1 is 1.31 bits per heavy atom. The van der Waals surface area contributed by atoms with E-state index >= 15 is 0 Å². The molecule has 5 nitrogen and oxygen atoms in total. The number of para-hydroxylation sites is 1. The third kappa shape index (κ3) is 2.86. The van der Waals surface area contributed by atoms with Crippen LogP contribution >= 0.6 is 11.3 Å². The number of hydrogen-bond acceptors (Lipinski definition) is 4. The number of benzene rings is 1. The number of amides is 1. The number of anilines is 1. The number of aromatic nitrogens is 2. The molecule has 6 heteroatoms. The minimum atomic E-state index is -0.161. The summed E-state index contributed by atoms with van der Waals surface area (Å²) in [6.07, 6.45) is 6.21. The molecule has 3 aromatic rings. The van der Waals surface area contributed by atoms with Crippen molar-refractivity contribution in [3.63, 3.8) is 0 Å². The Kier molecular flexibility index (Phi) is 4.42. The van der Waals surface area contributed by atoms with Gasteiger partial charge in [0.15, 0.2) is 0 Å². The summed E-state index contributed by atoms with van der Waals surface area (Å²) in [4.78, 5) is 33.9. The lowest BCUT2D eigenvalue weighted by Gasteiger charge is -2.21. The van der Waals surface area contributed by atoms with Crippen LogP contribution in [0.25, 0.3) is 10.2 Å². The van der Waals surface area contributed by atoms with E-state index < -0.39 is 0 Å². The zero-order valence-corrected chi connectivity index (χ0v) is 15.2. The molecule has 0 unspecified atom stereocenters. The normalized spacial score (nSPS) is 12.9. The van der Waals surface area contributed by atoms with Gasteiger partial charge in [0.05, 0.1) is 11.7 Å². The monoisotopic (exact) mass is 365 g/mol. The zero-order chi connectivity index (χ0) is 18.1. The lowest BCUT2D eigenvalue weighted by molar-refractivity contribution is -0.119. The summed E-state index contributed by atoms with van der Waals surface area (Å²) in [5.41, 5.74) is 1.81. The van der Waals surface area contributed by atoms with Crippen molar-refractivity contribution in [1.82, 2.24) is 9.55 Å². The van der Waals surface area contributed by atoms with Crippen LogP contribution in [0.2, 0.25) is 0 Å². The summed E-state index contributed by atoms with van der Waals surface area (Å²) in [6.45, 7) is 4.09. The van der Waals surface area contributed by atoms with Crippen LogP contribution in [0.5, 0.6) is 0 Å². The molecular formula is C20H19N3O2S. The zero-order valence-electron chi connectivity index (χ0n) is 14.4. The van der Waals surface area contributed by atoms with Crippen molar-refractivity contribution < 1.29 is 4.79 Å². The van der Waals surface area contributed by atoms with E-state index in [1.165, 1.54) is 15.8 Å². The molecule has 0 radical (unpaired) electrons. The summed E-state index contributed by atoms with van der Waals surface area (Å²) in [7, 11) is 0. The fourth-order valence-corrected chi connectivity index (χ4v) is 4.67. The van der Waals surface area contributed by atoms with E-state index in [0.717, 1.165) is 35.3 Å². The fourth-order valence-electron chi connectivity index (χ4n) is 3.45. The average molecular weight is 365 g/mol. The number of carbonyl (C=O) groups excluding carboxylic acids is 1. The largest absolute Gasteiger partial charge is 0.307 e. The highest BCUT2D eigenvalue weighted by atomic mass is 32.1. The standard InChI is InChI=1S/C20H19N3O2S/c1-2-11-23(14-7-4-3-5-8-14)17(24)12-22-13-21-19-18(20(22)25)15-9-6-10-16(15)26-19/h2-5,7-8,13H,1,6,9-12H2. The lowest BCUT2D eigenvalue weighted by atomic mass is 10.2. The predicted molar refractivity (Wildman–Crippen MR) is 105 cm³/mol. The minimum Gasteiger partial charge on any atom is -0.307 e. The van der Waals surface area contributed by atoms with Gasteiger partial charge >= 0.3 is 0 Å². The van der Waals surface area contributed by atoms with Gasteiger partial charge in [-0.2, -0.15) is 0 Å². The molecule has 1 amide bonds. The second-order valence-corrected chi connectivity index (χ2v) is 7.43. The number of thiophene rings is 1. The molecule has 0 fully saturated rings. The van der Waals surface area contributed by atoms with Gasteiger partial charge in [-0.15, -0.1) is 17.9 Å². The Hall–Kier alpha value is -2.73. The third-order valence-corrected chi connectivity index (χ3v) is 5.88. The van der Waals surface area contributed by atoms with Gasteiger partial charge in [0, 0.05) is 17.1 Å². The molecule has 1 aromatic carbocycles. The van der Waals surface area contributed by atoms with E-state index in [2.05, 4.69) is 11.6 Å². The summed E-state index contributed by atoms with van der Waals surface area (Å²) < 4.78 is 1.43. The van der Waals surface area contributed by atoms with Gasteiger partial charge in [0.2, 0.25) is 5.91 Å². The van der Waals surface area contributed by atoms with Crippen LogP contribution in [-0.2, 0) is 24.2 Å². The van der Waals surface area contributed by atoms with E-state index in [4.69, 9.17) is 0 Å². The molecule has 0 bridgehead atoms. The molecule has 0 saturated carbocycles. The van der Waals surface area contributed by atoms with Crippen molar-refractivity contribution >= 4 is 33.1 Å². The molecule has 0 aliphatic heterocycles. The third-order valence-electron chi connectivity index (χ3n) is 4.68. The molecule has 0 spiro atoms. The first-order valence-electron chi connectivity index (χ1n) is 8.65. The highest BCUT2D eigenvalue weighted by molar-refractivity contribution is 7.18. The van der Waals surface area contributed by atoms with Gasteiger partial charge in [0.1, 0.15) is 11.4 Å². The number of fused-ring (bicyclic) bond motifs is 3. The number of carbonyl (C=O) groups is 1. The van der Waals surface area contributed by atoms with Crippen LogP contribution in [0.1, 0.15) is 16.9 Å². The van der Waals surface area contributed by atoms with Crippen LogP contribution < -0.4 is 10.5 Å². The summed E-state index contributed by atoms with van der Waals surface area (Å²) in [5.74, 6) is -0.161. The van der Waals surface area contributed by atoms with Crippen LogP contribution in [0, 0.1) is 0 Å². The van der Waals surface area contributed by atoms with Crippen LogP contribution in [0.3, 0.4) is 0 Å². The fraction of sp³-hybridized carbons (Fsp3) is 0.250. The van der Waals surface area contributed by atoms with Gasteiger partial charge < -0.3 is 4.90 Å². The lowest BCUT2D eigenvalue weighted by Crippen LogP contribution is -2.36. The molecule has 2 heterocycles. The number of aryl methyl sites for hydroxylation is 2. The van der Waals surface area contributed by atoms with E-state index in [1.807, 2.05) is 30.3 Å². The van der Waals surface area contributed by atoms with Crippen molar-refractivity contribution in [2.24, 2.45) is 0 Å². The van der Waals surface area contributed by atoms with E-state index in [1.54, 1.807) is 22.3 Å². The molecule has 132 valence electrons. The topological polar surface area (TPSA) is 55.2 Å². The van der Waals surface area contributed by atoms with Crippen molar-refractivity contribution in [1.29, 1.82) is 0 Å². The maximum atomic E-state index is 12.9. The first kappa shape index (κ1) is 16.7. The highest BCUT2D eigenvalue weighted by Gasteiger charge is 2.22. The number of nitrogens with zero attached hydrogens (tertiary/aromatic N) is 3. The number of rotatable bonds is 5. The molecule has 0 atom stereocenters. The van der Waals surface area contributed by atoms with E-state index in [-0.39, 0.29) is 18.0 Å². The first-order chi connectivity index (χ1) is 12.7. The van der Waals surface area contributed by atoms with Crippen LogP contribution in [-0.4, -0.2) is 22.0 Å². The molecule has 26 heavy (non-hydrogen) atoms. The van der Waals surface area contributed by atoms with Gasteiger partial charge in [-0.05, 0) is 37.0 Å². The molecular weight excluding hydrogens is 346 g/mol. The first-order valence-corrected chi connectivity index (χ1v) is 9.46. The smallest absolute Gasteiger partial charge is 0.262 e. The van der Waals surface area contributed by atoms with Gasteiger partial charge in [0.25, 0.3) is 5.56 Å². The molecule has 1 aliphatic rings. The molecule has 0 saturated heterocycles. The Labute approximate surface area is 155 Å². The molecule has 2 aromatic heterocycles. The minimum absolute atomic E-state index is 0.0326. The second-order valence-electron chi connectivity index (χ2n) is 6.34. The highest BCUT2D eigenvalue weighted by Crippen LogP contribution is 2.34. The Morgan fingerprint density at radius 2 is 2.12 bits per heavy atom. The molecule has 4 rings (SSSR count). The van der Waals surface area contributed by atoms with Crippen LogP contribution in [0.15, 0.2) is 54.1 Å². The van der Waals surface area contributed by atoms with Crippen molar-refractivity contribution in [2.45, 2.75) is 25.8 Å². The summed E-state index contributed by atoms with van der Waals surface area (Å²) in [6, 6.07) is 9.41. The second kappa shape index (κ2) is 6.88. The van der Waals surface area contributed by atoms with Gasteiger partial charge in [-0.25, -0.2) is 4.98 Å². The number of hydrogen-bond donors (Lipinski definition) is 0. The molecule has 1 aliphatic carbocycles. The van der Waals surface area contributed by atoms with E-state index in [0.29, 0.717) is 11.9 Å². The van der Waals surface area contributed by atoms with Gasteiger partial charge in [-0.3, -0.25) is 14.2 Å². The van der Waals surface area contributed by atoms with E-state index in [9.17, 15) is 9.59 Å². The maximum absolute atomic E-state index is 12.9. The van der Waals surface area contributed by atoms with Crippen molar-refractivity contribution in [3.8, 4) is 0 Å². The Morgan fingerprint density at radius 3 is 2.88 bits per heavy atom. The summed E-state index contributed by atoms with van der Waals surface area (Å²) in [5, 5.41) is 0.702. The average Bonchev–Trinajstić information content (AvgIpc) is 3.23. The molecule has 0 N–H and O–H groups in total. The van der Waals surface area contributed by atoms with Gasteiger partial charge in [-0.1, -0.05) is 24.3 Å². The maximum Gasteiger partial charge on any atom is 0.262 e. The Bertz CT molecular complexity index is 1040. The van der Waals surface area contributed by atoms with Crippen molar-refractivity contribution in [2.75, 3.05) is 11.4 Å². The summed E-state index contributed by atoms with van der Waals surface area (Å²) >= 11 is 1.61.